The van der Waals surface area contributed by atoms with Crippen LogP contribution in [0.1, 0.15) is 0 Å². The normalized spacial score (nSPS) is 10.4. The van der Waals surface area contributed by atoms with Crippen LogP contribution in [-0.2, 0) is 0 Å². The maximum absolute atomic E-state index is 6.04. The highest BCUT2D eigenvalue weighted by molar-refractivity contribution is 5.46. The molecule has 5 rings (SSSR count). The SMILES string of the molecule is Nc1cccc(Oc2ccc(Oc3cccc(Oc4cccc(Oc5ccccc5)c4)c3)cc2)c1. The third kappa shape index (κ3) is 6.12. The van der Waals surface area contributed by atoms with Crippen LogP contribution in [0.25, 0.3) is 0 Å². The van der Waals surface area contributed by atoms with Crippen molar-refractivity contribution in [3.05, 3.63) is 127 Å². The molecule has 5 aromatic rings. The zero-order chi connectivity index (χ0) is 23.9. The number of benzene rings is 5. The molecular formula is C30H23NO4. The van der Waals surface area contributed by atoms with E-state index in [1.54, 1.807) is 6.07 Å². The fourth-order valence-electron chi connectivity index (χ4n) is 3.39. The quantitative estimate of drug-likeness (QED) is 0.235. The van der Waals surface area contributed by atoms with Crippen molar-refractivity contribution in [2.45, 2.75) is 0 Å². The van der Waals surface area contributed by atoms with Crippen molar-refractivity contribution in [3.63, 3.8) is 0 Å². The van der Waals surface area contributed by atoms with Gasteiger partial charge < -0.3 is 24.7 Å². The highest BCUT2D eigenvalue weighted by Crippen LogP contribution is 2.32. The summed E-state index contributed by atoms with van der Waals surface area (Å²) in [4.78, 5) is 0. The largest absolute Gasteiger partial charge is 0.457 e. The van der Waals surface area contributed by atoms with E-state index in [0.717, 1.165) is 5.75 Å². The lowest BCUT2D eigenvalue weighted by molar-refractivity contribution is 0.450. The van der Waals surface area contributed by atoms with Crippen LogP contribution in [0.2, 0.25) is 0 Å². The van der Waals surface area contributed by atoms with Gasteiger partial charge in [-0.2, -0.15) is 0 Å². The Morgan fingerprint density at radius 3 is 1.11 bits per heavy atom. The Morgan fingerprint density at radius 2 is 0.657 bits per heavy atom. The standard InChI is InChI=1S/C30H23NO4/c31-22-7-4-10-26(19-22)33-24-15-17-25(18-16-24)34-28-12-6-14-30(21-28)35-29-13-5-11-27(20-29)32-23-8-2-1-3-9-23/h1-21H,31H2. The molecule has 0 radical (unpaired) electrons. The molecule has 0 atom stereocenters. The summed E-state index contributed by atoms with van der Waals surface area (Å²) in [5.41, 5.74) is 6.46. The summed E-state index contributed by atoms with van der Waals surface area (Å²) in [6.07, 6.45) is 0. The Balaban J connectivity index is 1.23. The van der Waals surface area contributed by atoms with Gasteiger partial charge in [-0.05, 0) is 72.8 Å². The second-order valence-corrected chi connectivity index (χ2v) is 7.71. The molecule has 0 aliphatic heterocycles. The number of rotatable bonds is 8. The van der Waals surface area contributed by atoms with Crippen molar-refractivity contribution >= 4 is 5.69 Å². The minimum atomic E-state index is 0.653. The first-order valence-electron chi connectivity index (χ1n) is 11.1. The van der Waals surface area contributed by atoms with E-state index in [0.29, 0.717) is 45.9 Å². The van der Waals surface area contributed by atoms with Gasteiger partial charge in [0.2, 0.25) is 0 Å². The average Bonchev–Trinajstić information content (AvgIpc) is 2.86. The predicted octanol–water partition coefficient (Wildman–Crippen LogP) is 8.44. The zero-order valence-electron chi connectivity index (χ0n) is 18.8. The van der Waals surface area contributed by atoms with E-state index in [9.17, 15) is 0 Å². The Morgan fingerprint density at radius 1 is 0.314 bits per heavy atom. The molecule has 0 saturated carbocycles. The summed E-state index contributed by atoms with van der Waals surface area (Å²) < 4.78 is 23.8. The lowest BCUT2D eigenvalue weighted by Gasteiger charge is -2.11. The van der Waals surface area contributed by atoms with Crippen molar-refractivity contribution in [1.82, 2.24) is 0 Å². The first-order valence-corrected chi connectivity index (χ1v) is 11.1. The molecule has 0 amide bonds. The molecule has 0 spiro atoms. The number of nitrogens with two attached hydrogens (primary N) is 1. The summed E-state index contributed by atoms with van der Waals surface area (Å²) in [5, 5.41) is 0. The number of hydrogen-bond donors (Lipinski definition) is 1. The van der Waals surface area contributed by atoms with Gasteiger partial charge in [-0.15, -0.1) is 0 Å². The summed E-state index contributed by atoms with van der Waals surface area (Å²) in [6, 6.07) is 39.3. The molecule has 0 fully saturated rings. The van der Waals surface area contributed by atoms with E-state index in [2.05, 4.69) is 0 Å². The van der Waals surface area contributed by atoms with Gasteiger partial charge >= 0.3 is 0 Å². The number of anilines is 1. The minimum Gasteiger partial charge on any atom is -0.457 e. The Kier molecular flexibility index (Phi) is 6.49. The summed E-state index contributed by atoms with van der Waals surface area (Å²) in [5.74, 6) is 5.49. The lowest BCUT2D eigenvalue weighted by atomic mass is 10.3. The van der Waals surface area contributed by atoms with Crippen molar-refractivity contribution in [3.8, 4) is 46.0 Å². The van der Waals surface area contributed by atoms with E-state index in [1.165, 1.54) is 0 Å². The van der Waals surface area contributed by atoms with Crippen molar-refractivity contribution in [2.24, 2.45) is 0 Å². The van der Waals surface area contributed by atoms with Gasteiger partial charge in [-0.1, -0.05) is 36.4 Å². The van der Waals surface area contributed by atoms with Crippen LogP contribution in [0.15, 0.2) is 127 Å². The Bertz CT molecular complexity index is 1400. The number of para-hydroxylation sites is 1. The summed E-state index contributed by atoms with van der Waals surface area (Å²) >= 11 is 0. The first kappa shape index (κ1) is 21.9. The van der Waals surface area contributed by atoms with E-state index >= 15 is 0 Å². The van der Waals surface area contributed by atoms with Crippen LogP contribution in [0.3, 0.4) is 0 Å². The van der Waals surface area contributed by atoms with Crippen LogP contribution >= 0.6 is 0 Å². The fourth-order valence-corrected chi connectivity index (χ4v) is 3.39. The van der Waals surface area contributed by atoms with Crippen LogP contribution in [0.4, 0.5) is 5.69 Å². The van der Waals surface area contributed by atoms with Gasteiger partial charge in [0.25, 0.3) is 0 Å². The maximum Gasteiger partial charge on any atom is 0.131 e. The zero-order valence-corrected chi connectivity index (χ0v) is 18.8. The molecule has 0 saturated heterocycles. The first-order chi connectivity index (χ1) is 17.2. The van der Waals surface area contributed by atoms with Gasteiger partial charge in [-0.3, -0.25) is 0 Å². The molecule has 0 aromatic heterocycles. The number of hydrogen-bond acceptors (Lipinski definition) is 5. The van der Waals surface area contributed by atoms with Crippen molar-refractivity contribution < 1.29 is 18.9 Å². The van der Waals surface area contributed by atoms with E-state index in [-0.39, 0.29) is 0 Å². The highest BCUT2D eigenvalue weighted by Gasteiger charge is 2.05. The van der Waals surface area contributed by atoms with E-state index < -0.39 is 0 Å². The van der Waals surface area contributed by atoms with Crippen LogP contribution in [-0.4, -0.2) is 0 Å². The molecule has 0 unspecified atom stereocenters. The smallest absolute Gasteiger partial charge is 0.131 e. The molecule has 5 aromatic carbocycles. The summed E-state index contributed by atoms with van der Waals surface area (Å²) in [7, 11) is 0. The molecule has 5 nitrogen and oxygen atoms in total. The Labute approximate surface area is 203 Å². The van der Waals surface area contributed by atoms with Gasteiger partial charge in [0.1, 0.15) is 46.0 Å². The number of ether oxygens (including phenoxy) is 4. The molecule has 0 bridgehead atoms. The van der Waals surface area contributed by atoms with Crippen LogP contribution < -0.4 is 24.7 Å². The molecule has 0 aliphatic rings. The molecule has 35 heavy (non-hydrogen) atoms. The second kappa shape index (κ2) is 10.4. The minimum absolute atomic E-state index is 0.653. The van der Waals surface area contributed by atoms with Crippen LogP contribution in [0.5, 0.6) is 46.0 Å². The second-order valence-electron chi connectivity index (χ2n) is 7.71. The fraction of sp³-hybridized carbons (Fsp3) is 0. The maximum atomic E-state index is 6.04. The molecule has 0 aliphatic carbocycles. The Hall–Kier alpha value is -4.90. The third-order valence-corrected chi connectivity index (χ3v) is 4.98. The van der Waals surface area contributed by atoms with Gasteiger partial charge in [0.05, 0.1) is 0 Å². The monoisotopic (exact) mass is 461 g/mol. The molecule has 0 heterocycles. The van der Waals surface area contributed by atoms with Crippen LogP contribution in [0, 0.1) is 0 Å². The summed E-state index contributed by atoms with van der Waals surface area (Å²) in [6.45, 7) is 0. The number of nitrogen functional groups attached to an aromatic ring is 1. The molecule has 5 heteroatoms. The van der Waals surface area contributed by atoms with Gasteiger partial charge in [0.15, 0.2) is 0 Å². The van der Waals surface area contributed by atoms with E-state index in [1.807, 2.05) is 121 Å². The molecule has 2 N–H and O–H groups in total. The van der Waals surface area contributed by atoms with Crippen molar-refractivity contribution in [1.29, 1.82) is 0 Å². The average molecular weight is 462 g/mol. The predicted molar refractivity (Wildman–Crippen MR) is 137 cm³/mol. The molecule has 172 valence electrons. The molecular weight excluding hydrogens is 438 g/mol. The third-order valence-electron chi connectivity index (χ3n) is 4.98. The van der Waals surface area contributed by atoms with E-state index in [4.69, 9.17) is 24.7 Å². The van der Waals surface area contributed by atoms with Gasteiger partial charge in [-0.25, -0.2) is 0 Å². The lowest BCUT2D eigenvalue weighted by Crippen LogP contribution is -1.89. The topological polar surface area (TPSA) is 62.9 Å². The van der Waals surface area contributed by atoms with Crippen molar-refractivity contribution in [2.75, 3.05) is 5.73 Å². The highest BCUT2D eigenvalue weighted by atomic mass is 16.5. The van der Waals surface area contributed by atoms with Gasteiger partial charge in [0, 0.05) is 23.9 Å².